The van der Waals surface area contributed by atoms with Crippen molar-refractivity contribution in [2.45, 2.75) is 32.7 Å². The van der Waals surface area contributed by atoms with E-state index in [1.54, 1.807) is 0 Å². The van der Waals surface area contributed by atoms with Crippen molar-refractivity contribution in [2.24, 2.45) is 5.92 Å². The maximum absolute atomic E-state index is 12.8. The molecule has 4 nitrogen and oxygen atoms in total. The van der Waals surface area contributed by atoms with Gasteiger partial charge in [-0.25, -0.2) is 0 Å². The lowest BCUT2D eigenvalue weighted by Gasteiger charge is -2.37. The largest absolute Gasteiger partial charge is 0.372 e. The highest BCUT2D eigenvalue weighted by Crippen LogP contribution is 2.32. The molecule has 1 saturated heterocycles. The number of carbonyl (C=O) groups is 1. The number of nitrogens with zero attached hydrogens (tertiary/aromatic N) is 2. The molecule has 1 aromatic carbocycles. The van der Waals surface area contributed by atoms with Crippen molar-refractivity contribution in [2.75, 3.05) is 36.4 Å². The second-order valence-corrected chi connectivity index (χ2v) is 6.42. The number of anilines is 2. The predicted molar refractivity (Wildman–Crippen MR) is 86.7 cm³/mol. The molecule has 0 radical (unpaired) electrons. The molecule has 1 fully saturated rings. The number of rotatable bonds is 4. The normalized spacial score (nSPS) is 22.5. The first-order valence-corrected chi connectivity index (χ1v) is 8.06. The number of para-hydroxylation sites is 2. The fraction of sp³-hybridized carbons (Fsp3) is 0.588. The summed E-state index contributed by atoms with van der Waals surface area (Å²) in [6, 6.07) is 8.03. The number of nitrogens with one attached hydrogen (secondary N) is 1. The Kier molecular flexibility index (Phi) is 4.15. The van der Waals surface area contributed by atoms with Crippen molar-refractivity contribution in [3.63, 3.8) is 0 Å². The molecule has 1 aromatic rings. The molecule has 2 heterocycles. The third-order valence-corrected chi connectivity index (χ3v) is 4.54. The second-order valence-electron chi connectivity index (χ2n) is 6.42. The van der Waals surface area contributed by atoms with Gasteiger partial charge in [0.2, 0.25) is 5.91 Å². The quantitative estimate of drug-likeness (QED) is 0.924. The van der Waals surface area contributed by atoms with Crippen LogP contribution in [0.15, 0.2) is 24.3 Å². The minimum Gasteiger partial charge on any atom is -0.372 e. The average molecular weight is 287 g/mol. The van der Waals surface area contributed by atoms with Gasteiger partial charge in [0.25, 0.3) is 0 Å². The summed E-state index contributed by atoms with van der Waals surface area (Å²) in [6.07, 6.45) is 2.58. The van der Waals surface area contributed by atoms with Crippen molar-refractivity contribution in [1.82, 2.24) is 4.90 Å². The van der Waals surface area contributed by atoms with Crippen molar-refractivity contribution in [3.05, 3.63) is 24.3 Å². The molecule has 2 aliphatic rings. The van der Waals surface area contributed by atoms with Gasteiger partial charge in [0.15, 0.2) is 0 Å². The highest BCUT2D eigenvalue weighted by Gasteiger charge is 2.34. The summed E-state index contributed by atoms with van der Waals surface area (Å²) in [5.74, 6) is 0.503. The van der Waals surface area contributed by atoms with E-state index in [0.29, 0.717) is 5.92 Å². The Morgan fingerprint density at radius 2 is 1.90 bits per heavy atom. The number of benzene rings is 1. The SMILES string of the molecule is CC(C)C1Nc2ccccc2N(CCN2CCCC2)C1=O. The molecule has 1 unspecified atom stereocenters. The molecule has 0 aliphatic carbocycles. The first kappa shape index (κ1) is 14.4. The van der Waals surface area contributed by atoms with E-state index in [1.807, 2.05) is 23.1 Å². The van der Waals surface area contributed by atoms with Gasteiger partial charge in [0.05, 0.1) is 11.4 Å². The van der Waals surface area contributed by atoms with Gasteiger partial charge in [-0.05, 0) is 44.0 Å². The number of hydrogen-bond acceptors (Lipinski definition) is 3. The maximum Gasteiger partial charge on any atom is 0.249 e. The van der Waals surface area contributed by atoms with Crippen LogP contribution in [0.2, 0.25) is 0 Å². The number of likely N-dealkylation sites (tertiary alicyclic amines) is 1. The van der Waals surface area contributed by atoms with Crippen LogP contribution < -0.4 is 10.2 Å². The molecule has 0 bridgehead atoms. The lowest BCUT2D eigenvalue weighted by atomic mass is 9.99. The Morgan fingerprint density at radius 1 is 1.19 bits per heavy atom. The van der Waals surface area contributed by atoms with E-state index < -0.39 is 0 Å². The highest BCUT2D eigenvalue weighted by atomic mass is 16.2. The van der Waals surface area contributed by atoms with Crippen molar-refractivity contribution in [1.29, 1.82) is 0 Å². The molecular formula is C17H25N3O. The van der Waals surface area contributed by atoms with Gasteiger partial charge >= 0.3 is 0 Å². The zero-order chi connectivity index (χ0) is 14.8. The van der Waals surface area contributed by atoms with Gasteiger partial charge in [0, 0.05) is 13.1 Å². The summed E-state index contributed by atoms with van der Waals surface area (Å²) in [6.45, 7) is 8.32. The van der Waals surface area contributed by atoms with Crippen molar-refractivity contribution < 1.29 is 4.79 Å². The zero-order valence-corrected chi connectivity index (χ0v) is 13.0. The van der Waals surface area contributed by atoms with Gasteiger partial charge in [0.1, 0.15) is 6.04 Å². The number of carbonyl (C=O) groups excluding carboxylic acids is 1. The standard InChI is InChI=1S/C17H25N3O/c1-13(2)16-17(21)20(12-11-19-9-5-6-10-19)15-8-4-3-7-14(15)18-16/h3-4,7-8,13,16,18H,5-6,9-12H2,1-2H3. The van der Waals surface area contributed by atoms with E-state index in [1.165, 1.54) is 25.9 Å². The summed E-state index contributed by atoms with van der Waals surface area (Å²) >= 11 is 0. The molecule has 4 heteroatoms. The first-order valence-electron chi connectivity index (χ1n) is 8.06. The van der Waals surface area contributed by atoms with Gasteiger partial charge in [-0.3, -0.25) is 4.79 Å². The van der Waals surface area contributed by atoms with E-state index in [0.717, 1.165) is 24.5 Å². The molecule has 2 aliphatic heterocycles. The zero-order valence-electron chi connectivity index (χ0n) is 13.0. The van der Waals surface area contributed by atoms with E-state index in [-0.39, 0.29) is 11.9 Å². The highest BCUT2D eigenvalue weighted by molar-refractivity contribution is 6.05. The van der Waals surface area contributed by atoms with Crippen LogP contribution in [0.25, 0.3) is 0 Å². The Labute approximate surface area is 127 Å². The topological polar surface area (TPSA) is 35.6 Å². The lowest BCUT2D eigenvalue weighted by molar-refractivity contribution is -0.120. The molecule has 3 rings (SSSR count). The third-order valence-electron chi connectivity index (χ3n) is 4.54. The van der Waals surface area contributed by atoms with Gasteiger partial charge in [-0.2, -0.15) is 0 Å². The van der Waals surface area contributed by atoms with Crippen LogP contribution in [0.4, 0.5) is 11.4 Å². The van der Waals surface area contributed by atoms with Crippen LogP contribution in [-0.2, 0) is 4.79 Å². The monoisotopic (exact) mass is 287 g/mol. The smallest absolute Gasteiger partial charge is 0.249 e. The number of hydrogen-bond donors (Lipinski definition) is 1. The second kappa shape index (κ2) is 6.06. The molecular weight excluding hydrogens is 262 g/mol. The van der Waals surface area contributed by atoms with Gasteiger partial charge in [-0.15, -0.1) is 0 Å². The molecule has 0 spiro atoms. The Balaban J connectivity index is 1.79. The molecule has 1 N–H and O–H groups in total. The van der Waals surface area contributed by atoms with E-state index in [9.17, 15) is 4.79 Å². The van der Waals surface area contributed by atoms with E-state index in [4.69, 9.17) is 0 Å². The van der Waals surface area contributed by atoms with E-state index in [2.05, 4.69) is 30.1 Å². The first-order chi connectivity index (χ1) is 10.2. The Hall–Kier alpha value is -1.55. The molecule has 114 valence electrons. The number of amides is 1. The maximum atomic E-state index is 12.8. The fourth-order valence-corrected chi connectivity index (χ4v) is 3.28. The van der Waals surface area contributed by atoms with Crippen molar-refractivity contribution in [3.8, 4) is 0 Å². The fourth-order valence-electron chi connectivity index (χ4n) is 3.28. The molecule has 0 aromatic heterocycles. The summed E-state index contributed by atoms with van der Waals surface area (Å²) in [4.78, 5) is 17.2. The number of fused-ring (bicyclic) bond motifs is 1. The summed E-state index contributed by atoms with van der Waals surface area (Å²) in [5, 5.41) is 3.40. The third kappa shape index (κ3) is 2.91. The van der Waals surface area contributed by atoms with Crippen LogP contribution in [0.1, 0.15) is 26.7 Å². The average Bonchev–Trinajstić information content (AvgIpc) is 2.99. The molecule has 1 amide bonds. The molecule has 1 atom stereocenters. The van der Waals surface area contributed by atoms with Crippen LogP contribution in [0.3, 0.4) is 0 Å². The van der Waals surface area contributed by atoms with Crippen molar-refractivity contribution >= 4 is 17.3 Å². The van der Waals surface area contributed by atoms with Gasteiger partial charge in [-0.1, -0.05) is 26.0 Å². The van der Waals surface area contributed by atoms with Gasteiger partial charge < -0.3 is 15.1 Å². The Bertz CT molecular complexity index is 509. The predicted octanol–water partition coefficient (Wildman–Crippen LogP) is 2.57. The summed E-state index contributed by atoms with van der Waals surface area (Å²) in [7, 11) is 0. The van der Waals surface area contributed by atoms with Crippen LogP contribution >= 0.6 is 0 Å². The molecule has 21 heavy (non-hydrogen) atoms. The van der Waals surface area contributed by atoms with Crippen LogP contribution in [0, 0.1) is 5.92 Å². The molecule has 0 saturated carbocycles. The minimum absolute atomic E-state index is 0.113. The lowest BCUT2D eigenvalue weighted by Crippen LogP contribution is -2.51. The van der Waals surface area contributed by atoms with Crippen LogP contribution in [0.5, 0.6) is 0 Å². The minimum atomic E-state index is -0.113. The summed E-state index contributed by atoms with van der Waals surface area (Å²) < 4.78 is 0. The van der Waals surface area contributed by atoms with Crippen LogP contribution in [-0.4, -0.2) is 43.0 Å². The Morgan fingerprint density at radius 3 is 2.62 bits per heavy atom. The summed E-state index contributed by atoms with van der Waals surface area (Å²) in [5.41, 5.74) is 2.11. The van der Waals surface area contributed by atoms with E-state index >= 15 is 0 Å².